The minimum Gasteiger partial charge on any atom is -0.329 e. The second kappa shape index (κ2) is 4.79. The fraction of sp³-hybridized carbons (Fsp3) is 0.286. The molecule has 0 atom stereocenters. The van der Waals surface area contributed by atoms with E-state index < -0.39 is 21.7 Å². The highest BCUT2D eigenvalue weighted by Crippen LogP contribution is 2.25. The van der Waals surface area contributed by atoms with Crippen LogP contribution in [0, 0.1) is 0 Å². The van der Waals surface area contributed by atoms with Gasteiger partial charge < -0.3 is 4.57 Å². The predicted molar refractivity (Wildman–Crippen MR) is 57.8 cm³/mol. The molecule has 0 saturated carbocycles. The van der Waals surface area contributed by atoms with E-state index >= 15 is 0 Å². The van der Waals surface area contributed by atoms with Gasteiger partial charge >= 0.3 is 5.76 Å². The number of nitrogens with zero attached hydrogens (tertiary/aromatic N) is 1. The second-order valence-electron chi connectivity index (χ2n) is 2.96. The lowest BCUT2D eigenvalue weighted by Crippen LogP contribution is -2.35. The number of hydrogen-bond donors (Lipinski definition) is 1. The van der Waals surface area contributed by atoms with Crippen molar-refractivity contribution in [1.29, 1.82) is 0 Å². The van der Waals surface area contributed by atoms with E-state index in [1.165, 1.54) is 11.8 Å². The molecule has 1 N–H and O–H groups in total. The van der Waals surface area contributed by atoms with Crippen LogP contribution in [0.3, 0.4) is 0 Å². The van der Waals surface area contributed by atoms with E-state index in [-0.39, 0.29) is 15.9 Å². The van der Waals surface area contributed by atoms with Gasteiger partial charge in [0.2, 0.25) is 0 Å². The second-order valence-corrected chi connectivity index (χ2v) is 5.38. The van der Waals surface area contributed by atoms with Gasteiger partial charge in [0.15, 0.2) is 0 Å². The lowest BCUT2D eigenvalue weighted by molar-refractivity contribution is 0.0969. The number of carbonyl (C=O) groups is 1. The molecule has 0 bridgehead atoms. The Morgan fingerprint density at radius 1 is 1.47 bits per heavy atom. The molecule has 1 heterocycles. The summed E-state index contributed by atoms with van der Waals surface area (Å²) < 4.78 is 47.8. The Balaban J connectivity index is 3.04. The molecule has 0 aliphatic heterocycles. The van der Waals surface area contributed by atoms with Crippen LogP contribution in [0.25, 0.3) is 0 Å². The van der Waals surface area contributed by atoms with Gasteiger partial charge in [-0.3, -0.25) is 4.79 Å². The summed E-state index contributed by atoms with van der Waals surface area (Å²) in [5.74, 6) is -4.93. The van der Waals surface area contributed by atoms with Gasteiger partial charge in [0, 0.05) is 7.05 Å². The Morgan fingerprint density at radius 3 is 2.35 bits per heavy atom. The Morgan fingerprint density at radius 2 is 2.00 bits per heavy atom. The summed E-state index contributed by atoms with van der Waals surface area (Å²) in [6.07, 6.45) is 0. The summed E-state index contributed by atoms with van der Waals surface area (Å²) in [5, 5.41) is 0.0000214. The molecule has 10 heteroatoms. The predicted octanol–water partition coefficient (Wildman–Crippen LogP) is 1.61. The largest absolute Gasteiger partial charge is 0.355 e. The molecule has 5 nitrogen and oxygen atoms in total. The van der Waals surface area contributed by atoms with Crippen LogP contribution in [-0.4, -0.2) is 24.6 Å². The van der Waals surface area contributed by atoms with Crippen molar-refractivity contribution in [3.8, 4) is 0 Å². The Hall–Kier alpha value is -0.860. The maximum Gasteiger partial charge on any atom is 0.355 e. The molecule has 1 rings (SSSR count). The first kappa shape index (κ1) is 14.2. The molecule has 1 aromatic heterocycles. The third-order valence-corrected chi connectivity index (χ3v) is 3.60. The van der Waals surface area contributed by atoms with Crippen molar-refractivity contribution in [2.75, 3.05) is 0 Å². The van der Waals surface area contributed by atoms with Crippen molar-refractivity contribution in [1.82, 2.24) is 9.29 Å². The van der Waals surface area contributed by atoms with Crippen LogP contribution in [0.2, 0.25) is 10.2 Å². The van der Waals surface area contributed by atoms with Crippen LogP contribution in [0.5, 0.6) is 0 Å². The minimum atomic E-state index is -5.00. The van der Waals surface area contributed by atoms with Crippen LogP contribution in [-0.2, 0) is 17.1 Å². The molecule has 0 radical (unpaired) electrons. The number of aromatic nitrogens is 1. The molecular formula is C7H6Cl2F2N2O3S. The van der Waals surface area contributed by atoms with Gasteiger partial charge in [0.25, 0.3) is 15.9 Å². The number of amides is 1. The van der Waals surface area contributed by atoms with Gasteiger partial charge in [0.05, 0.1) is 5.02 Å². The van der Waals surface area contributed by atoms with E-state index in [1.54, 1.807) is 0 Å². The smallest absolute Gasteiger partial charge is 0.329 e. The van der Waals surface area contributed by atoms with Crippen molar-refractivity contribution in [3.63, 3.8) is 0 Å². The molecule has 1 amide bonds. The molecule has 17 heavy (non-hydrogen) atoms. The summed E-state index contributed by atoms with van der Waals surface area (Å²) in [6, 6.07) is 1.07. The number of nitrogens with one attached hydrogen (secondary N) is 1. The molecule has 0 spiro atoms. The SMILES string of the molecule is Cn1c(C(=O)NS(=O)(=O)C(F)F)cc(Cl)c1Cl. The van der Waals surface area contributed by atoms with E-state index in [2.05, 4.69) is 0 Å². The first-order valence-corrected chi connectivity index (χ1v) is 6.32. The Kier molecular flexibility index (Phi) is 4.00. The molecule has 0 saturated heterocycles. The quantitative estimate of drug-likeness (QED) is 0.922. The number of carbonyl (C=O) groups excluding carboxylic acids is 1. The Labute approximate surface area is 105 Å². The van der Waals surface area contributed by atoms with Crippen LogP contribution in [0.4, 0.5) is 8.78 Å². The van der Waals surface area contributed by atoms with E-state index in [4.69, 9.17) is 23.2 Å². The highest BCUT2D eigenvalue weighted by molar-refractivity contribution is 7.90. The average Bonchev–Trinajstić information content (AvgIpc) is 2.45. The zero-order valence-corrected chi connectivity index (χ0v) is 10.6. The van der Waals surface area contributed by atoms with Gasteiger partial charge in [-0.15, -0.1) is 0 Å². The Bertz CT molecular complexity index is 556. The fourth-order valence-electron chi connectivity index (χ4n) is 0.986. The molecule has 96 valence electrons. The third-order valence-electron chi connectivity index (χ3n) is 1.82. The van der Waals surface area contributed by atoms with Crippen LogP contribution >= 0.6 is 23.2 Å². The maximum atomic E-state index is 12.0. The summed E-state index contributed by atoms with van der Waals surface area (Å²) >= 11 is 11.2. The van der Waals surface area contributed by atoms with E-state index in [0.29, 0.717) is 0 Å². The van der Waals surface area contributed by atoms with Crippen LogP contribution in [0.15, 0.2) is 6.07 Å². The fourth-order valence-corrected chi connectivity index (χ4v) is 1.81. The molecule has 0 aromatic carbocycles. The lowest BCUT2D eigenvalue weighted by atomic mass is 10.4. The van der Waals surface area contributed by atoms with Crippen molar-refractivity contribution in [2.45, 2.75) is 5.76 Å². The molecule has 0 aliphatic rings. The topological polar surface area (TPSA) is 68.2 Å². The van der Waals surface area contributed by atoms with Gasteiger partial charge in [-0.05, 0) is 6.07 Å². The van der Waals surface area contributed by atoms with Gasteiger partial charge in [-0.2, -0.15) is 8.78 Å². The van der Waals surface area contributed by atoms with E-state index in [1.807, 2.05) is 0 Å². The number of halogens is 4. The maximum absolute atomic E-state index is 12.0. The summed E-state index contributed by atoms with van der Waals surface area (Å²) in [4.78, 5) is 11.4. The molecule has 0 unspecified atom stereocenters. The number of alkyl halides is 2. The van der Waals surface area contributed by atoms with Gasteiger partial charge in [0.1, 0.15) is 10.8 Å². The normalized spacial score (nSPS) is 11.9. The minimum absolute atomic E-state index is 0.00809. The highest BCUT2D eigenvalue weighted by Gasteiger charge is 2.28. The third kappa shape index (κ3) is 2.88. The zero-order chi connectivity index (χ0) is 13.4. The molecule has 1 aromatic rings. The monoisotopic (exact) mass is 306 g/mol. The average molecular weight is 307 g/mol. The first-order chi connectivity index (χ1) is 7.66. The van der Waals surface area contributed by atoms with Crippen molar-refractivity contribution in [3.05, 3.63) is 21.9 Å². The number of hydrogen-bond acceptors (Lipinski definition) is 3. The van der Waals surface area contributed by atoms with Crippen LogP contribution in [0.1, 0.15) is 10.5 Å². The van der Waals surface area contributed by atoms with Crippen LogP contribution < -0.4 is 4.72 Å². The van der Waals surface area contributed by atoms with E-state index in [9.17, 15) is 22.0 Å². The number of sulfonamides is 1. The molecular weight excluding hydrogens is 301 g/mol. The van der Waals surface area contributed by atoms with Crippen molar-refractivity contribution >= 4 is 39.1 Å². The van der Waals surface area contributed by atoms with Crippen molar-refractivity contribution < 1.29 is 22.0 Å². The lowest BCUT2D eigenvalue weighted by Gasteiger charge is -2.06. The van der Waals surface area contributed by atoms with Gasteiger partial charge in [-0.25, -0.2) is 13.1 Å². The van der Waals surface area contributed by atoms with Crippen molar-refractivity contribution in [2.24, 2.45) is 7.05 Å². The van der Waals surface area contributed by atoms with E-state index in [0.717, 1.165) is 10.6 Å². The number of rotatable bonds is 3. The zero-order valence-electron chi connectivity index (χ0n) is 8.25. The molecule has 0 aliphatic carbocycles. The standard InChI is InChI=1S/C7H6Cl2F2N2O3S/c1-13-4(2-3(8)5(13)9)6(14)12-17(15,16)7(10)11/h2,7H,1H3,(H,12,14). The summed E-state index contributed by atoms with van der Waals surface area (Å²) in [6.45, 7) is 0. The molecule has 0 fully saturated rings. The first-order valence-electron chi connectivity index (χ1n) is 4.01. The summed E-state index contributed by atoms with van der Waals surface area (Å²) in [5.41, 5.74) is -0.246. The highest BCUT2D eigenvalue weighted by atomic mass is 35.5. The summed E-state index contributed by atoms with van der Waals surface area (Å²) in [7, 11) is -3.67. The van der Waals surface area contributed by atoms with Gasteiger partial charge in [-0.1, -0.05) is 23.2 Å².